The van der Waals surface area contributed by atoms with Crippen molar-refractivity contribution >= 4 is 43.3 Å². The Balaban J connectivity index is 2.62. The third kappa shape index (κ3) is 1.15. The van der Waals surface area contributed by atoms with E-state index >= 15 is 0 Å². The number of carboxylic acids is 1. The van der Waals surface area contributed by atoms with Gasteiger partial charge >= 0.3 is 18.0 Å². The summed E-state index contributed by atoms with van der Waals surface area (Å²) < 4.78 is -1.31. The smallest absolute Gasteiger partial charge is 0.337 e. The molecule has 0 radical (unpaired) electrons. The van der Waals surface area contributed by atoms with Crippen molar-refractivity contribution in [3.8, 4) is 0 Å². The molecule has 0 bridgehead atoms. The highest BCUT2D eigenvalue weighted by atomic mass is 32.2. The minimum atomic E-state index is -1.83. The van der Waals surface area contributed by atoms with Crippen molar-refractivity contribution in [2.75, 3.05) is 0 Å². The monoisotopic (exact) mass is 288 g/mol. The van der Waals surface area contributed by atoms with Crippen molar-refractivity contribution < 1.29 is 19.5 Å². The lowest BCUT2D eigenvalue weighted by Crippen LogP contribution is -2.84. The van der Waals surface area contributed by atoms with Gasteiger partial charge in [0.25, 0.3) is 0 Å². The van der Waals surface area contributed by atoms with E-state index in [-0.39, 0.29) is 5.92 Å². The lowest BCUT2D eigenvalue weighted by Gasteiger charge is -2.62. The quantitative estimate of drug-likeness (QED) is 0.348. The highest BCUT2D eigenvalue weighted by Gasteiger charge is 2.75. The Hall–Kier alpha value is -1.15. The zero-order valence-corrected chi connectivity index (χ0v) is 11.5. The molecule has 4 amide bonds. The second-order valence-corrected chi connectivity index (χ2v) is 6.04. The highest BCUT2D eigenvalue weighted by molar-refractivity contribution is 8.01. The Kier molecular flexibility index (Phi) is 2.71. The number of thiol groups is 2. The minimum Gasteiger partial charge on any atom is -0.479 e. The number of imide groups is 2. The summed E-state index contributed by atoms with van der Waals surface area (Å²) >= 11 is 8.49. The molecule has 8 heteroatoms. The van der Waals surface area contributed by atoms with E-state index in [1.165, 1.54) is 0 Å². The van der Waals surface area contributed by atoms with Crippen LogP contribution < -0.4 is 5.32 Å². The third-order valence-corrected chi connectivity index (χ3v) is 5.02. The van der Waals surface area contributed by atoms with Crippen molar-refractivity contribution in [3.63, 3.8) is 0 Å². The predicted molar refractivity (Wildman–Crippen MR) is 69.8 cm³/mol. The van der Waals surface area contributed by atoms with Gasteiger partial charge in [-0.05, 0) is 12.5 Å². The second kappa shape index (κ2) is 3.67. The fraction of sp³-hybridized carbons (Fsp3) is 0.500. The summed E-state index contributed by atoms with van der Waals surface area (Å²) in [5.74, 6) is -1.59. The SMILES string of the molecule is C/C=C1\C(C)C(S)(S)C1(C(=O)O)N1C(=O)NC1=O. The number of amides is 4. The van der Waals surface area contributed by atoms with Crippen LogP contribution in [0.2, 0.25) is 0 Å². The molecule has 0 spiro atoms. The Morgan fingerprint density at radius 1 is 1.44 bits per heavy atom. The number of rotatable bonds is 2. The van der Waals surface area contributed by atoms with Gasteiger partial charge in [0.1, 0.15) is 4.08 Å². The average molecular weight is 288 g/mol. The molecule has 18 heavy (non-hydrogen) atoms. The number of nitrogens with one attached hydrogen (secondary N) is 1. The van der Waals surface area contributed by atoms with E-state index in [0.717, 1.165) is 0 Å². The van der Waals surface area contributed by atoms with E-state index in [4.69, 9.17) is 0 Å². The van der Waals surface area contributed by atoms with E-state index in [1.54, 1.807) is 19.9 Å². The van der Waals surface area contributed by atoms with Crippen LogP contribution in [0.5, 0.6) is 0 Å². The molecule has 2 rings (SSSR count). The number of carboxylic acid groups (broad SMARTS) is 1. The molecule has 0 aromatic heterocycles. The van der Waals surface area contributed by atoms with Crippen molar-refractivity contribution in [2.45, 2.75) is 23.5 Å². The number of nitrogens with zero attached hydrogens (tertiary/aromatic N) is 1. The molecule has 1 aliphatic heterocycles. The Morgan fingerprint density at radius 2 is 1.94 bits per heavy atom. The van der Waals surface area contributed by atoms with E-state index in [0.29, 0.717) is 10.5 Å². The molecule has 1 saturated heterocycles. The first-order valence-corrected chi connectivity index (χ1v) is 6.12. The van der Waals surface area contributed by atoms with E-state index < -0.39 is 27.6 Å². The standard InChI is InChI=1S/C10H12N2O4S2/c1-3-5-4(2)10(17,18)9(5,6(13)14)12-7(15)11-8(12)16/h3-4,17-18H,1-2H3,(H,13,14)(H,11,15,16)/b5-3+. The molecule has 0 aromatic rings. The number of urea groups is 2. The molecule has 98 valence electrons. The molecule has 0 aromatic carbocycles. The second-order valence-electron chi connectivity index (χ2n) is 4.28. The van der Waals surface area contributed by atoms with E-state index in [2.05, 4.69) is 25.3 Å². The molecular formula is C10H12N2O4S2. The normalized spacial score (nSPS) is 35.9. The number of hydrogen-bond acceptors (Lipinski definition) is 5. The molecule has 1 saturated carbocycles. The van der Waals surface area contributed by atoms with E-state index in [9.17, 15) is 19.5 Å². The van der Waals surface area contributed by atoms with Gasteiger partial charge in [0.15, 0.2) is 5.54 Å². The molecule has 6 nitrogen and oxygen atoms in total. The van der Waals surface area contributed by atoms with Crippen molar-refractivity contribution in [3.05, 3.63) is 11.6 Å². The van der Waals surface area contributed by atoms with Crippen LogP contribution in [-0.4, -0.2) is 37.7 Å². The van der Waals surface area contributed by atoms with Crippen LogP contribution in [0.4, 0.5) is 9.59 Å². The molecule has 2 N–H and O–H groups in total. The zero-order chi connectivity index (χ0) is 13.9. The molecule has 1 heterocycles. The fourth-order valence-corrected chi connectivity index (χ4v) is 3.58. The van der Waals surface area contributed by atoms with Crippen LogP contribution in [0, 0.1) is 5.92 Å². The van der Waals surface area contributed by atoms with Crippen molar-refractivity contribution in [2.24, 2.45) is 5.92 Å². The first-order valence-electron chi connectivity index (χ1n) is 5.22. The van der Waals surface area contributed by atoms with Crippen LogP contribution in [0.25, 0.3) is 0 Å². The summed E-state index contributed by atoms with van der Waals surface area (Å²) in [7, 11) is 0. The lowest BCUT2D eigenvalue weighted by molar-refractivity contribution is -0.151. The van der Waals surface area contributed by atoms with Gasteiger partial charge in [-0.2, -0.15) is 25.3 Å². The van der Waals surface area contributed by atoms with Crippen LogP contribution in [-0.2, 0) is 4.79 Å². The van der Waals surface area contributed by atoms with Gasteiger partial charge in [0.2, 0.25) is 0 Å². The number of carbonyl (C=O) groups is 3. The maximum absolute atomic E-state index is 11.6. The summed E-state index contributed by atoms with van der Waals surface area (Å²) in [6.45, 7) is 3.40. The molecule has 2 atom stereocenters. The molecule has 1 aliphatic carbocycles. The Bertz CT molecular complexity index is 488. The van der Waals surface area contributed by atoms with Crippen LogP contribution in [0.15, 0.2) is 11.6 Å². The molecule has 2 unspecified atom stereocenters. The maximum atomic E-state index is 11.6. The maximum Gasteiger partial charge on any atom is 0.337 e. The summed E-state index contributed by atoms with van der Waals surface area (Å²) in [5.41, 5.74) is -1.38. The van der Waals surface area contributed by atoms with Crippen LogP contribution in [0.3, 0.4) is 0 Å². The topological polar surface area (TPSA) is 86.7 Å². The van der Waals surface area contributed by atoms with E-state index in [1.807, 2.05) is 5.32 Å². The first kappa shape index (κ1) is 13.3. The largest absolute Gasteiger partial charge is 0.479 e. The van der Waals surface area contributed by atoms with Gasteiger partial charge in [-0.25, -0.2) is 19.3 Å². The van der Waals surface area contributed by atoms with Gasteiger partial charge in [-0.3, -0.25) is 5.32 Å². The summed E-state index contributed by atoms with van der Waals surface area (Å²) in [4.78, 5) is 35.3. The lowest BCUT2D eigenvalue weighted by atomic mass is 9.61. The average Bonchev–Trinajstić information content (AvgIpc) is 2.27. The third-order valence-electron chi connectivity index (χ3n) is 3.60. The number of allylic oxidation sites excluding steroid dienone is 1. The Morgan fingerprint density at radius 3 is 2.28 bits per heavy atom. The van der Waals surface area contributed by atoms with Gasteiger partial charge < -0.3 is 5.11 Å². The zero-order valence-electron chi connectivity index (χ0n) is 9.67. The minimum absolute atomic E-state index is 0.272. The van der Waals surface area contributed by atoms with Gasteiger partial charge in [0.05, 0.1) is 0 Å². The fourth-order valence-electron chi connectivity index (χ4n) is 2.65. The van der Waals surface area contributed by atoms with Gasteiger partial charge in [0, 0.05) is 5.92 Å². The number of carbonyl (C=O) groups excluding carboxylic acids is 2. The number of aliphatic carboxylic acids is 1. The molecular weight excluding hydrogens is 276 g/mol. The van der Waals surface area contributed by atoms with Crippen molar-refractivity contribution in [1.29, 1.82) is 0 Å². The highest BCUT2D eigenvalue weighted by Crippen LogP contribution is 2.61. The van der Waals surface area contributed by atoms with Gasteiger partial charge in [-0.15, -0.1) is 0 Å². The molecule has 2 fully saturated rings. The summed E-state index contributed by atoms with van der Waals surface area (Å²) in [6.07, 6.45) is 1.59. The first-order chi connectivity index (χ1) is 8.22. The van der Waals surface area contributed by atoms with Gasteiger partial charge in [-0.1, -0.05) is 13.0 Å². The van der Waals surface area contributed by atoms with Crippen LogP contribution >= 0.6 is 25.3 Å². The summed E-state index contributed by atoms with van der Waals surface area (Å²) in [5, 5.41) is 11.5. The van der Waals surface area contributed by atoms with Crippen LogP contribution in [0.1, 0.15) is 13.8 Å². The molecule has 2 aliphatic rings. The predicted octanol–water partition coefficient (Wildman–Crippen LogP) is 1.11. The Labute approximate surface area is 114 Å². The summed E-state index contributed by atoms with van der Waals surface area (Å²) in [6, 6.07) is -1.50. The van der Waals surface area contributed by atoms with Crippen molar-refractivity contribution in [1.82, 2.24) is 10.2 Å². The number of hydrogen-bond donors (Lipinski definition) is 4.